The van der Waals surface area contributed by atoms with Gasteiger partial charge in [0.05, 0.1) is 37.1 Å². The molecule has 1 saturated carbocycles. The summed E-state index contributed by atoms with van der Waals surface area (Å²) in [6.45, 7) is 32.9. The first-order valence-electron chi connectivity index (χ1n) is 30.1. The summed E-state index contributed by atoms with van der Waals surface area (Å²) in [4.78, 5) is 27.0. The number of hydrogen-bond donors (Lipinski definition) is 4. The SMILES string of the molecule is CC[C@H]1O[C@@H](O[C@@H]2[C@@H](O)[C@H](N)C[C@H](NC(=O)OCc3ccccc3)[C@H]2O[C@H]2O[C@@H]3COC(c4ccccc4)O[C@H]3[C@H](O[Si](C)(C)C(C)(C)C)[C@H]2C)[C@H](O[Si](C)(C)C(C)(C)C)[C@@H]1O[C@H]1O[C@@H](CNC(=O)OCc2ccccc2)[C@@H](C)[C@H](C)[C@H]1C. The van der Waals surface area contributed by atoms with E-state index >= 15 is 0 Å². The minimum absolute atomic E-state index is 0.0174. The fraction of sp³-hybridized carbons (Fsp3) is 0.683. The minimum Gasteiger partial charge on any atom is -0.445 e. The molecular weight excluding hydrogens is 1090 g/mol. The van der Waals surface area contributed by atoms with Crippen molar-refractivity contribution >= 4 is 28.8 Å². The van der Waals surface area contributed by atoms with Crippen LogP contribution in [0.5, 0.6) is 0 Å². The van der Waals surface area contributed by atoms with E-state index in [4.69, 9.17) is 62.0 Å². The van der Waals surface area contributed by atoms with Gasteiger partial charge >= 0.3 is 12.2 Å². The molecule has 3 aromatic carbocycles. The van der Waals surface area contributed by atoms with E-state index in [1.807, 2.05) is 105 Å². The van der Waals surface area contributed by atoms with Crippen molar-refractivity contribution in [2.45, 2.75) is 237 Å². The van der Waals surface area contributed by atoms with Gasteiger partial charge in [-0.05, 0) is 72.1 Å². The molecule has 5 N–H and O–H groups in total. The Morgan fingerprint density at radius 2 is 1.13 bits per heavy atom. The Balaban J connectivity index is 1.10. The lowest BCUT2D eigenvalue weighted by Crippen LogP contribution is -2.68. The molecule has 5 aliphatic rings. The largest absolute Gasteiger partial charge is 0.445 e. The lowest BCUT2D eigenvalue weighted by Gasteiger charge is -2.53. The number of ether oxygens (including phenoxy) is 10. The van der Waals surface area contributed by atoms with Gasteiger partial charge in [-0.2, -0.15) is 0 Å². The molecule has 20 atom stereocenters. The molecule has 4 heterocycles. The first-order chi connectivity index (χ1) is 39.2. The second kappa shape index (κ2) is 27.5. The number of alkyl carbamates (subject to hydrolysis) is 2. The maximum atomic E-state index is 14.0. The third kappa shape index (κ3) is 15.7. The fourth-order valence-corrected chi connectivity index (χ4v) is 13.9. The zero-order valence-electron chi connectivity index (χ0n) is 51.7. The molecule has 20 heteroatoms. The van der Waals surface area contributed by atoms with Crippen LogP contribution in [0.15, 0.2) is 91.0 Å². The molecule has 0 spiro atoms. The molecule has 5 fully saturated rings. The maximum Gasteiger partial charge on any atom is 0.407 e. The van der Waals surface area contributed by atoms with E-state index in [0.29, 0.717) is 6.42 Å². The number of carbonyl (C=O) groups is 2. The Morgan fingerprint density at radius 1 is 0.614 bits per heavy atom. The molecular formula is C63H97N3O15Si2. The number of aliphatic hydroxyl groups is 1. The van der Waals surface area contributed by atoms with Crippen LogP contribution < -0.4 is 16.4 Å². The summed E-state index contributed by atoms with van der Waals surface area (Å²) in [7, 11) is -5.17. The Labute approximate surface area is 495 Å². The average molecular weight is 1190 g/mol. The quantitative estimate of drug-likeness (QED) is 0.0821. The van der Waals surface area contributed by atoms with E-state index in [-0.39, 0.29) is 60.6 Å². The zero-order valence-corrected chi connectivity index (χ0v) is 53.7. The zero-order chi connectivity index (χ0) is 60.2. The van der Waals surface area contributed by atoms with Crippen molar-refractivity contribution in [2.24, 2.45) is 29.4 Å². The molecule has 0 aromatic heterocycles. The predicted molar refractivity (Wildman–Crippen MR) is 318 cm³/mol. The molecule has 18 nitrogen and oxygen atoms in total. The Bertz CT molecular complexity index is 2530. The monoisotopic (exact) mass is 1190 g/mol. The van der Waals surface area contributed by atoms with Crippen molar-refractivity contribution in [3.8, 4) is 0 Å². The van der Waals surface area contributed by atoms with Gasteiger partial charge in [0.1, 0.15) is 49.8 Å². The van der Waals surface area contributed by atoms with Crippen LogP contribution >= 0.6 is 0 Å². The molecule has 0 radical (unpaired) electrons. The molecule has 1 aliphatic carbocycles. The van der Waals surface area contributed by atoms with E-state index in [1.165, 1.54) is 0 Å². The van der Waals surface area contributed by atoms with Gasteiger partial charge in [-0.15, -0.1) is 0 Å². The third-order valence-electron chi connectivity index (χ3n) is 18.9. The summed E-state index contributed by atoms with van der Waals surface area (Å²) in [5.74, 6) is -0.352. The van der Waals surface area contributed by atoms with Crippen LogP contribution in [-0.4, -0.2) is 139 Å². The second-order valence-electron chi connectivity index (χ2n) is 26.8. The second-order valence-corrected chi connectivity index (χ2v) is 36.3. The maximum absolute atomic E-state index is 14.0. The lowest BCUT2D eigenvalue weighted by atomic mass is 9.79. The number of fused-ring (bicyclic) bond motifs is 1. The van der Waals surface area contributed by atoms with Crippen molar-refractivity contribution in [1.29, 1.82) is 0 Å². The molecule has 4 aliphatic heterocycles. The van der Waals surface area contributed by atoms with Gasteiger partial charge in [0.25, 0.3) is 0 Å². The van der Waals surface area contributed by atoms with Crippen LogP contribution in [0, 0.1) is 23.7 Å². The number of nitrogens with one attached hydrogen (secondary N) is 2. The number of benzene rings is 3. The lowest BCUT2D eigenvalue weighted by molar-refractivity contribution is -0.364. The normalized spacial score (nSPS) is 35.2. The standard InChI is InChI=1S/C63H97N3O15Si2/c1-16-46-52(77-56-39(4)37(2)38(3)47(74-56)33-65-60(68)71-34-41-26-20-17-21-27-41)55(81-83(14,15)63(9,10)11)59(73-46)79-54-49(67)44(64)32-45(66-61(69)72-35-42-28-22-18-23-29-42)51(54)76-57-40(5)50(80-82(12,13)62(6,7)8)53-48(75-57)36-70-58(78-53)43-30-24-19-25-31-43/h17-31,37-40,44-59,67H,16,32-36,64H2,1-15H3,(H,65,68)(H,66,69)/t37-,38-,39+,40+,44+,45-,46+,47-,48+,49-,50+,51+,52+,53+,54+,55+,56+,57+,58?,59-/m0/s1. The first kappa shape index (κ1) is 65.1. The molecule has 83 heavy (non-hydrogen) atoms. The third-order valence-corrected chi connectivity index (χ3v) is 27.9. The highest BCUT2D eigenvalue weighted by atomic mass is 28.4. The van der Waals surface area contributed by atoms with Crippen molar-refractivity contribution in [3.05, 3.63) is 108 Å². The number of nitrogens with two attached hydrogens (primary N) is 1. The van der Waals surface area contributed by atoms with E-state index in [0.717, 1.165) is 16.7 Å². The van der Waals surface area contributed by atoms with Gasteiger partial charge in [0.15, 0.2) is 41.8 Å². The van der Waals surface area contributed by atoms with Gasteiger partial charge < -0.3 is 77.7 Å². The Morgan fingerprint density at radius 3 is 1.71 bits per heavy atom. The summed E-state index contributed by atoms with van der Waals surface area (Å²) in [5.41, 5.74) is 9.49. The van der Waals surface area contributed by atoms with E-state index in [1.54, 1.807) is 0 Å². The van der Waals surface area contributed by atoms with E-state index < -0.39 is 133 Å². The van der Waals surface area contributed by atoms with Crippen LogP contribution in [0.3, 0.4) is 0 Å². The summed E-state index contributed by atoms with van der Waals surface area (Å²) >= 11 is 0. The predicted octanol–water partition coefficient (Wildman–Crippen LogP) is 10.5. The molecule has 2 amide bonds. The van der Waals surface area contributed by atoms with Crippen LogP contribution in [0.25, 0.3) is 0 Å². The molecule has 3 aromatic rings. The van der Waals surface area contributed by atoms with Crippen LogP contribution in [0.4, 0.5) is 9.59 Å². The number of hydrogen-bond acceptors (Lipinski definition) is 16. The molecule has 4 saturated heterocycles. The Hall–Kier alpha value is -3.85. The highest BCUT2D eigenvalue weighted by molar-refractivity contribution is 6.74. The average Bonchev–Trinajstić information content (AvgIpc) is 4.01. The molecule has 0 bridgehead atoms. The summed E-state index contributed by atoms with van der Waals surface area (Å²) in [5, 5.41) is 18.1. The minimum atomic E-state index is -2.68. The highest BCUT2D eigenvalue weighted by Gasteiger charge is 2.58. The first-order valence-corrected chi connectivity index (χ1v) is 35.9. The van der Waals surface area contributed by atoms with Gasteiger partial charge in [0.2, 0.25) is 0 Å². The van der Waals surface area contributed by atoms with Crippen LogP contribution in [-0.2, 0) is 69.4 Å². The van der Waals surface area contributed by atoms with Gasteiger partial charge in [0, 0.05) is 30.0 Å². The van der Waals surface area contributed by atoms with Crippen molar-refractivity contribution in [1.82, 2.24) is 10.6 Å². The summed E-state index contributed by atoms with van der Waals surface area (Å²) in [6.07, 6.45) is -12.0. The van der Waals surface area contributed by atoms with Gasteiger partial charge in [-0.1, -0.05) is 167 Å². The molecule has 1 unspecified atom stereocenters. The van der Waals surface area contributed by atoms with Crippen molar-refractivity contribution < 1.29 is 70.9 Å². The molecule has 8 rings (SSSR count). The van der Waals surface area contributed by atoms with Gasteiger partial charge in [-0.3, -0.25) is 0 Å². The van der Waals surface area contributed by atoms with Crippen LogP contribution in [0.2, 0.25) is 36.3 Å². The number of amides is 2. The summed E-state index contributed by atoms with van der Waals surface area (Å²) in [6, 6.07) is 27.0. The smallest absolute Gasteiger partial charge is 0.407 e. The summed E-state index contributed by atoms with van der Waals surface area (Å²) < 4.78 is 81.9. The number of rotatable bonds is 19. The molecule has 462 valence electrons. The van der Waals surface area contributed by atoms with Crippen molar-refractivity contribution in [3.63, 3.8) is 0 Å². The number of carbonyl (C=O) groups excluding carboxylic acids is 2. The fourth-order valence-electron chi connectivity index (χ4n) is 11.2. The topological polar surface area (TPSA) is 215 Å². The van der Waals surface area contributed by atoms with E-state index in [9.17, 15) is 14.7 Å². The van der Waals surface area contributed by atoms with Gasteiger partial charge in [-0.25, -0.2) is 9.59 Å². The highest BCUT2D eigenvalue weighted by Crippen LogP contribution is 2.47. The Kier molecular flexibility index (Phi) is 21.6. The van der Waals surface area contributed by atoms with E-state index in [2.05, 4.69) is 99.1 Å². The van der Waals surface area contributed by atoms with Crippen LogP contribution in [0.1, 0.15) is 112 Å². The number of aliphatic hydroxyl groups excluding tert-OH is 1. The van der Waals surface area contributed by atoms with Crippen molar-refractivity contribution in [2.75, 3.05) is 13.2 Å².